The highest BCUT2D eigenvalue weighted by Gasteiger charge is 2.21. The third-order valence-corrected chi connectivity index (χ3v) is 5.33. The van der Waals surface area contributed by atoms with Crippen molar-refractivity contribution >= 4 is 22.8 Å². The van der Waals surface area contributed by atoms with Crippen molar-refractivity contribution in [2.45, 2.75) is 38.5 Å². The van der Waals surface area contributed by atoms with Gasteiger partial charge >= 0.3 is 5.69 Å². The van der Waals surface area contributed by atoms with Gasteiger partial charge in [-0.3, -0.25) is 25.7 Å². The van der Waals surface area contributed by atoms with E-state index >= 15 is 0 Å². The molecule has 158 valence electrons. The van der Waals surface area contributed by atoms with Crippen LogP contribution < -0.4 is 10.2 Å². The van der Waals surface area contributed by atoms with E-state index in [1.165, 1.54) is 31.4 Å². The van der Waals surface area contributed by atoms with Gasteiger partial charge < -0.3 is 4.74 Å². The number of rotatable bonds is 8. The molecule has 0 aliphatic heterocycles. The van der Waals surface area contributed by atoms with E-state index in [9.17, 15) is 20.2 Å². The molecular weight excluding hydrogens is 388 g/mol. The minimum absolute atomic E-state index is 0.111. The van der Waals surface area contributed by atoms with Crippen molar-refractivity contribution in [3.8, 4) is 5.75 Å². The van der Waals surface area contributed by atoms with Gasteiger partial charge in [0.05, 0.1) is 28.7 Å². The SMILES string of the molecule is COc1ccc(/C(CC2CCCCC2)=N\Nc2ccc([N+](=O)[O-])cc2[N+](=O)[O-])cc1. The molecule has 1 N–H and O–H groups in total. The molecule has 0 bridgehead atoms. The lowest BCUT2D eigenvalue weighted by Gasteiger charge is -2.22. The molecule has 1 saturated carbocycles. The van der Waals surface area contributed by atoms with Crippen molar-refractivity contribution in [3.05, 3.63) is 68.3 Å². The standard InChI is InChI=1S/C21H24N4O5/c1-30-18-10-7-16(8-11-18)20(13-15-5-3-2-4-6-15)23-22-19-12-9-17(24(26)27)14-21(19)25(28)29/h7-12,14-15,22H,2-6,13H2,1H3/b23-20-. The number of benzene rings is 2. The van der Waals surface area contributed by atoms with Crippen molar-refractivity contribution in [2.75, 3.05) is 12.5 Å². The number of methoxy groups -OCH3 is 1. The number of nitrogens with zero attached hydrogens (tertiary/aromatic N) is 3. The van der Waals surface area contributed by atoms with Crippen LogP contribution in [0.4, 0.5) is 17.1 Å². The van der Waals surface area contributed by atoms with Crippen LogP contribution >= 0.6 is 0 Å². The molecule has 0 atom stereocenters. The van der Waals surface area contributed by atoms with Crippen LogP contribution in [-0.4, -0.2) is 22.7 Å². The zero-order chi connectivity index (χ0) is 21.5. The first-order chi connectivity index (χ1) is 14.5. The van der Waals surface area contributed by atoms with Gasteiger partial charge in [0.25, 0.3) is 5.69 Å². The summed E-state index contributed by atoms with van der Waals surface area (Å²) in [4.78, 5) is 21.0. The fourth-order valence-corrected chi connectivity index (χ4v) is 3.68. The van der Waals surface area contributed by atoms with Crippen LogP contribution in [0.2, 0.25) is 0 Å². The molecule has 0 aromatic heterocycles. The Bertz CT molecular complexity index is 937. The summed E-state index contributed by atoms with van der Waals surface area (Å²) in [6.07, 6.45) is 6.65. The third kappa shape index (κ3) is 5.31. The molecule has 1 aliphatic carbocycles. The van der Waals surface area contributed by atoms with Crippen LogP contribution in [-0.2, 0) is 0 Å². The predicted octanol–water partition coefficient (Wildman–Crippen LogP) is 5.30. The first-order valence-corrected chi connectivity index (χ1v) is 9.87. The zero-order valence-electron chi connectivity index (χ0n) is 16.7. The smallest absolute Gasteiger partial charge is 0.301 e. The molecule has 0 spiro atoms. The van der Waals surface area contributed by atoms with E-state index in [4.69, 9.17) is 4.74 Å². The highest BCUT2D eigenvalue weighted by Crippen LogP contribution is 2.31. The number of hydrogen-bond acceptors (Lipinski definition) is 7. The maximum Gasteiger partial charge on any atom is 0.301 e. The van der Waals surface area contributed by atoms with Gasteiger partial charge in [-0.05, 0) is 48.2 Å². The number of nitrogens with one attached hydrogen (secondary N) is 1. The summed E-state index contributed by atoms with van der Waals surface area (Å²) in [5.74, 6) is 1.24. The molecule has 30 heavy (non-hydrogen) atoms. The van der Waals surface area contributed by atoms with Crippen LogP contribution in [0.25, 0.3) is 0 Å². The van der Waals surface area contributed by atoms with Crippen LogP contribution in [0.15, 0.2) is 47.6 Å². The average Bonchev–Trinajstić information content (AvgIpc) is 2.77. The maximum absolute atomic E-state index is 11.4. The van der Waals surface area contributed by atoms with Gasteiger partial charge in [-0.15, -0.1) is 0 Å². The van der Waals surface area contributed by atoms with Crippen LogP contribution in [0.5, 0.6) is 5.75 Å². The molecule has 0 unspecified atom stereocenters. The van der Waals surface area contributed by atoms with Crippen LogP contribution in [0.1, 0.15) is 44.1 Å². The summed E-state index contributed by atoms with van der Waals surface area (Å²) in [5, 5.41) is 26.8. The molecule has 3 rings (SSSR count). The van der Waals surface area contributed by atoms with Gasteiger partial charge in [0.2, 0.25) is 0 Å². The van der Waals surface area contributed by atoms with Crippen LogP contribution in [0.3, 0.4) is 0 Å². The second kappa shape index (κ2) is 9.82. The van der Waals surface area contributed by atoms with Crippen molar-refractivity contribution in [2.24, 2.45) is 11.0 Å². The van der Waals surface area contributed by atoms with Crippen molar-refractivity contribution in [1.82, 2.24) is 0 Å². The minimum atomic E-state index is -0.661. The van der Waals surface area contributed by atoms with Crippen molar-refractivity contribution in [3.63, 3.8) is 0 Å². The van der Waals surface area contributed by atoms with Gasteiger partial charge in [-0.2, -0.15) is 5.10 Å². The van der Waals surface area contributed by atoms with Gasteiger partial charge in [-0.1, -0.05) is 32.1 Å². The highest BCUT2D eigenvalue weighted by molar-refractivity contribution is 6.01. The fourth-order valence-electron chi connectivity index (χ4n) is 3.68. The van der Waals surface area contributed by atoms with Crippen molar-refractivity contribution < 1.29 is 14.6 Å². The topological polar surface area (TPSA) is 120 Å². The van der Waals surface area contributed by atoms with E-state index in [1.807, 2.05) is 24.3 Å². The second-order valence-electron chi connectivity index (χ2n) is 7.32. The molecule has 1 aliphatic rings. The van der Waals surface area contributed by atoms with Gasteiger partial charge in [0.15, 0.2) is 0 Å². The van der Waals surface area contributed by atoms with E-state index in [-0.39, 0.29) is 17.1 Å². The predicted molar refractivity (Wildman–Crippen MR) is 114 cm³/mol. The summed E-state index contributed by atoms with van der Waals surface area (Å²) in [6, 6.07) is 11.0. The summed E-state index contributed by atoms with van der Waals surface area (Å²) in [5.41, 5.74) is 3.84. The Morgan fingerprint density at radius 2 is 1.77 bits per heavy atom. The van der Waals surface area contributed by atoms with E-state index in [0.717, 1.165) is 42.4 Å². The Kier molecular flexibility index (Phi) is 6.95. The monoisotopic (exact) mass is 412 g/mol. The summed E-state index contributed by atoms with van der Waals surface area (Å²) in [6.45, 7) is 0. The van der Waals surface area contributed by atoms with Gasteiger partial charge in [-0.25, -0.2) is 0 Å². The molecule has 9 heteroatoms. The zero-order valence-corrected chi connectivity index (χ0v) is 16.7. The molecule has 0 radical (unpaired) electrons. The number of anilines is 1. The van der Waals surface area contributed by atoms with Gasteiger partial charge in [0, 0.05) is 6.07 Å². The number of non-ortho nitro benzene ring substituents is 1. The first kappa shape index (κ1) is 21.2. The van der Waals surface area contributed by atoms with Gasteiger partial charge in [0.1, 0.15) is 11.4 Å². The number of hydrogen-bond donors (Lipinski definition) is 1. The molecule has 9 nitrogen and oxygen atoms in total. The second-order valence-corrected chi connectivity index (χ2v) is 7.32. The fraction of sp³-hybridized carbons (Fsp3) is 0.381. The number of nitro groups is 2. The summed E-state index contributed by atoms with van der Waals surface area (Å²) < 4.78 is 5.22. The van der Waals surface area contributed by atoms with E-state index < -0.39 is 9.85 Å². The van der Waals surface area contributed by atoms with E-state index in [1.54, 1.807) is 7.11 Å². The molecular formula is C21H24N4O5. The molecule has 0 saturated heterocycles. The molecule has 2 aromatic rings. The molecule has 0 amide bonds. The minimum Gasteiger partial charge on any atom is -0.497 e. The molecule has 2 aromatic carbocycles. The van der Waals surface area contributed by atoms with Crippen molar-refractivity contribution in [1.29, 1.82) is 0 Å². The largest absolute Gasteiger partial charge is 0.497 e. The van der Waals surface area contributed by atoms with E-state index in [2.05, 4.69) is 10.5 Å². The average molecular weight is 412 g/mol. The van der Waals surface area contributed by atoms with Crippen LogP contribution in [0, 0.1) is 26.1 Å². The number of ether oxygens (including phenoxy) is 1. The number of hydrazone groups is 1. The summed E-state index contributed by atoms with van der Waals surface area (Å²) in [7, 11) is 1.60. The lowest BCUT2D eigenvalue weighted by Crippen LogP contribution is -2.14. The Morgan fingerprint density at radius 1 is 1.07 bits per heavy atom. The Hall–Kier alpha value is -3.49. The first-order valence-electron chi connectivity index (χ1n) is 9.87. The number of nitro benzene ring substituents is 2. The molecule has 1 fully saturated rings. The Balaban J connectivity index is 1.90. The Morgan fingerprint density at radius 3 is 2.37 bits per heavy atom. The lowest BCUT2D eigenvalue weighted by molar-refractivity contribution is -0.393. The maximum atomic E-state index is 11.4. The van der Waals surface area contributed by atoms with E-state index in [0.29, 0.717) is 5.92 Å². The lowest BCUT2D eigenvalue weighted by atomic mass is 9.84. The Labute approximate surface area is 174 Å². The quantitative estimate of drug-likeness (QED) is 0.357. The highest BCUT2D eigenvalue weighted by atomic mass is 16.6. The normalized spacial score (nSPS) is 14.9. The summed E-state index contributed by atoms with van der Waals surface area (Å²) >= 11 is 0. The molecule has 0 heterocycles. The third-order valence-electron chi connectivity index (χ3n) is 5.33.